The molecule has 6 heteroatoms. The highest BCUT2D eigenvalue weighted by Crippen LogP contribution is 2.38. The average Bonchev–Trinajstić information content (AvgIpc) is 3.20. The van der Waals surface area contributed by atoms with Crippen molar-refractivity contribution in [3.05, 3.63) is 100 Å². The zero-order chi connectivity index (χ0) is 21.1. The minimum atomic E-state index is -0.628. The van der Waals surface area contributed by atoms with Crippen LogP contribution in [0.15, 0.2) is 66.9 Å². The Kier molecular flexibility index (Phi) is 5.27. The van der Waals surface area contributed by atoms with E-state index < -0.39 is 5.91 Å². The highest BCUT2D eigenvalue weighted by atomic mass is 16.2. The van der Waals surface area contributed by atoms with E-state index in [1.807, 2.05) is 30.3 Å². The summed E-state index contributed by atoms with van der Waals surface area (Å²) in [6, 6.07) is 20.1. The summed E-state index contributed by atoms with van der Waals surface area (Å²) in [5.74, 6) is -0.772. The van der Waals surface area contributed by atoms with Gasteiger partial charge in [0.1, 0.15) is 5.69 Å². The number of pyridine rings is 1. The quantitative estimate of drug-likeness (QED) is 0.714. The predicted molar refractivity (Wildman–Crippen MR) is 111 cm³/mol. The lowest BCUT2D eigenvalue weighted by Gasteiger charge is -2.30. The monoisotopic (exact) mass is 396 g/mol. The van der Waals surface area contributed by atoms with Crippen LogP contribution in [0, 0.1) is 11.3 Å². The second-order valence-corrected chi connectivity index (χ2v) is 7.25. The molecule has 6 nitrogen and oxygen atoms in total. The Morgan fingerprint density at radius 3 is 2.67 bits per heavy atom. The van der Waals surface area contributed by atoms with E-state index in [1.54, 1.807) is 35.2 Å². The number of amides is 2. The van der Waals surface area contributed by atoms with Crippen LogP contribution >= 0.6 is 0 Å². The zero-order valence-electron chi connectivity index (χ0n) is 16.3. The van der Waals surface area contributed by atoms with Gasteiger partial charge in [0.15, 0.2) is 0 Å². The standard InChI is InChI=1S/C24H20N4O2/c25-14-16-8-9-17-10-11-21(20(17)13-16)28(24(30)18-5-2-1-3-6-18)15-19-7-4-12-27-22(19)23(26)29/h1-9,12-13,21H,10-11,15H2,(H2,26,29)/t21-/m1/s1. The first-order valence-corrected chi connectivity index (χ1v) is 9.71. The van der Waals surface area contributed by atoms with Crippen molar-refractivity contribution < 1.29 is 9.59 Å². The van der Waals surface area contributed by atoms with E-state index in [2.05, 4.69) is 11.1 Å². The Bertz CT molecular complexity index is 1150. The molecular weight excluding hydrogens is 376 g/mol. The third-order valence-electron chi connectivity index (χ3n) is 5.44. The number of fused-ring (bicyclic) bond motifs is 1. The van der Waals surface area contributed by atoms with Gasteiger partial charge in [-0.25, -0.2) is 0 Å². The molecule has 3 aromatic rings. The second-order valence-electron chi connectivity index (χ2n) is 7.25. The lowest BCUT2D eigenvalue weighted by Crippen LogP contribution is -2.34. The number of hydrogen-bond donors (Lipinski definition) is 1. The molecule has 0 saturated carbocycles. The number of benzene rings is 2. The van der Waals surface area contributed by atoms with Crippen LogP contribution in [0.25, 0.3) is 0 Å². The van der Waals surface area contributed by atoms with Crippen LogP contribution in [0.5, 0.6) is 0 Å². The topological polar surface area (TPSA) is 100 Å². The number of hydrogen-bond acceptors (Lipinski definition) is 4. The first kappa shape index (κ1) is 19.3. The molecule has 1 aromatic heterocycles. The summed E-state index contributed by atoms with van der Waals surface area (Å²) in [6.07, 6.45) is 3.08. The number of rotatable bonds is 5. The zero-order valence-corrected chi connectivity index (χ0v) is 16.3. The summed E-state index contributed by atoms with van der Waals surface area (Å²) >= 11 is 0. The molecule has 0 saturated heterocycles. The third kappa shape index (κ3) is 3.65. The first-order valence-electron chi connectivity index (χ1n) is 9.71. The minimum Gasteiger partial charge on any atom is -0.364 e. The Balaban J connectivity index is 1.78. The van der Waals surface area contributed by atoms with Crippen LogP contribution in [0.1, 0.15) is 55.6 Å². The molecule has 148 valence electrons. The van der Waals surface area contributed by atoms with Crippen LogP contribution in [0.4, 0.5) is 0 Å². The van der Waals surface area contributed by atoms with Gasteiger partial charge in [0.25, 0.3) is 11.8 Å². The fraction of sp³-hybridized carbons (Fsp3) is 0.167. The number of aryl methyl sites for hydroxylation is 1. The maximum Gasteiger partial charge on any atom is 0.267 e. The lowest BCUT2D eigenvalue weighted by atomic mass is 10.0. The Morgan fingerprint density at radius 1 is 1.13 bits per heavy atom. The number of nitrogens with zero attached hydrogens (tertiary/aromatic N) is 3. The van der Waals surface area contributed by atoms with Gasteiger partial charge in [0.2, 0.25) is 0 Å². The highest BCUT2D eigenvalue weighted by molar-refractivity contribution is 5.95. The van der Waals surface area contributed by atoms with Crippen molar-refractivity contribution in [1.29, 1.82) is 5.26 Å². The van der Waals surface area contributed by atoms with E-state index in [0.717, 1.165) is 24.0 Å². The summed E-state index contributed by atoms with van der Waals surface area (Å²) in [4.78, 5) is 31.2. The van der Waals surface area contributed by atoms with Gasteiger partial charge in [0, 0.05) is 23.9 Å². The summed E-state index contributed by atoms with van der Waals surface area (Å²) < 4.78 is 0. The molecule has 0 aliphatic heterocycles. The molecule has 30 heavy (non-hydrogen) atoms. The maximum atomic E-state index is 13.5. The van der Waals surface area contributed by atoms with Gasteiger partial charge in [-0.2, -0.15) is 5.26 Å². The predicted octanol–water partition coefficient (Wildman–Crippen LogP) is 3.38. The van der Waals surface area contributed by atoms with E-state index in [9.17, 15) is 14.9 Å². The molecule has 2 aromatic carbocycles. The van der Waals surface area contributed by atoms with Crippen molar-refractivity contribution in [2.45, 2.75) is 25.4 Å². The molecule has 0 spiro atoms. The third-order valence-corrected chi connectivity index (χ3v) is 5.44. The van der Waals surface area contributed by atoms with Crippen LogP contribution in [0.2, 0.25) is 0 Å². The second kappa shape index (κ2) is 8.18. The van der Waals surface area contributed by atoms with Gasteiger partial charge in [-0.05, 0) is 54.3 Å². The van der Waals surface area contributed by atoms with E-state index in [1.165, 1.54) is 6.20 Å². The first-order chi connectivity index (χ1) is 14.6. The molecule has 1 heterocycles. The fourth-order valence-electron chi connectivity index (χ4n) is 4.02. The summed E-state index contributed by atoms with van der Waals surface area (Å²) in [6.45, 7) is 0.195. The van der Waals surface area contributed by atoms with Gasteiger partial charge in [-0.15, -0.1) is 0 Å². The molecule has 0 radical (unpaired) electrons. The number of carbonyl (C=O) groups excluding carboxylic acids is 2. The van der Waals surface area contributed by atoms with Crippen molar-refractivity contribution in [3.8, 4) is 6.07 Å². The number of nitrogens with two attached hydrogens (primary N) is 1. The van der Waals surface area contributed by atoms with Gasteiger partial charge in [-0.1, -0.05) is 30.3 Å². The molecular formula is C24H20N4O2. The summed E-state index contributed by atoms with van der Waals surface area (Å²) in [5.41, 5.74) is 9.49. The van der Waals surface area contributed by atoms with Gasteiger partial charge in [-0.3, -0.25) is 14.6 Å². The normalized spacial score (nSPS) is 14.6. The number of aromatic nitrogens is 1. The molecule has 0 fully saturated rings. The molecule has 4 rings (SSSR count). The van der Waals surface area contributed by atoms with Crippen LogP contribution in [0.3, 0.4) is 0 Å². The van der Waals surface area contributed by atoms with E-state index >= 15 is 0 Å². The van der Waals surface area contributed by atoms with Crippen molar-refractivity contribution in [3.63, 3.8) is 0 Å². The number of carbonyl (C=O) groups is 2. The summed E-state index contributed by atoms with van der Waals surface area (Å²) in [7, 11) is 0. The van der Waals surface area contributed by atoms with Crippen molar-refractivity contribution in [1.82, 2.24) is 9.88 Å². The lowest BCUT2D eigenvalue weighted by molar-refractivity contribution is 0.0656. The van der Waals surface area contributed by atoms with Gasteiger partial charge < -0.3 is 10.6 Å². The molecule has 0 bridgehead atoms. The smallest absolute Gasteiger partial charge is 0.267 e. The van der Waals surface area contributed by atoms with E-state index in [-0.39, 0.29) is 24.2 Å². The van der Waals surface area contributed by atoms with Crippen molar-refractivity contribution in [2.75, 3.05) is 0 Å². The molecule has 2 N–H and O–H groups in total. The van der Waals surface area contributed by atoms with Gasteiger partial charge >= 0.3 is 0 Å². The van der Waals surface area contributed by atoms with Gasteiger partial charge in [0.05, 0.1) is 17.7 Å². The summed E-state index contributed by atoms with van der Waals surface area (Å²) in [5, 5.41) is 9.32. The average molecular weight is 396 g/mol. The van der Waals surface area contributed by atoms with Crippen molar-refractivity contribution >= 4 is 11.8 Å². The number of primary amides is 1. The van der Waals surface area contributed by atoms with Crippen LogP contribution in [-0.2, 0) is 13.0 Å². The van der Waals surface area contributed by atoms with Crippen LogP contribution in [-0.4, -0.2) is 21.7 Å². The Morgan fingerprint density at radius 2 is 1.93 bits per heavy atom. The molecule has 1 atom stereocenters. The molecule has 1 aliphatic rings. The largest absolute Gasteiger partial charge is 0.364 e. The Labute approximate surface area is 174 Å². The minimum absolute atomic E-state index is 0.143. The number of nitriles is 1. The highest BCUT2D eigenvalue weighted by Gasteiger charge is 2.32. The Hall–Kier alpha value is -3.98. The SMILES string of the molecule is N#Cc1ccc2c(c1)[C@H](N(Cc1cccnc1C(N)=O)C(=O)c1ccccc1)CC2. The van der Waals surface area contributed by atoms with Crippen LogP contribution < -0.4 is 5.73 Å². The fourth-order valence-corrected chi connectivity index (χ4v) is 4.02. The molecule has 1 aliphatic carbocycles. The molecule has 2 amide bonds. The maximum absolute atomic E-state index is 13.5. The van der Waals surface area contributed by atoms with E-state index in [4.69, 9.17) is 5.73 Å². The molecule has 0 unspecified atom stereocenters. The van der Waals surface area contributed by atoms with Crippen molar-refractivity contribution in [2.24, 2.45) is 5.73 Å². The van der Waals surface area contributed by atoms with E-state index in [0.29, 0.717) is 16.7 Å².